The number of nitrogens with zero attached hydrogens (tertiary/aromatic N) is 3. The van der Waals surface area contributed by atoms with Gasteiger partial charge in [-0.1, -0.05) is 0 Å². The van der Waals surface area contributed by atoms with E-state index >= 15 is 0 Å². The first-order valence-electron chi connectivity index (χ1n) is 5.90. The van der Waals surface area contributed by atoms with Crippen molar-refractivity contribution in [3.8, 4) is 0 Å². The topological polar surface area (TPSA) is 36.0 Å². The highest BCUT2D eigenvalue weighted by molar-refractivity contribution is 5.74. The molecule has 0 saturated carbocycles. The highest BCUT2D eigenvalue weighted by Crippen LogP contribution is 2.04. The number of hydrogen-bond donors (Lipinski definition) is 0. The molecule has 1 aliphatic rings. The van der Waals surface area contributed by atoms with Crippen LogP contribution in [0.4, 0.5) is 4.79 Å². The van der Waals surface area contributed by atoms with Crippen LogP contribution in [0, 0.1) is 0 Å². The SMILES string of the molecule is CCN(CCOC)C(=O)N1CCN(C)CC1. The lowest BCUT2D eigenvalue weighted by molar-refractivity contribution is 0.108. The molecule has 0 spiro atoms. The molecule has 0 N–H and O–H groups in total. The fourth-order valence-corrected chi connectivity index (χ4v) is 1.79. The van der Waals surface area contributed by atoms with Crippen LogP contribution in [0.5, 0.6) is 0 Å². The van der Waals surface area contributed by atoms with Gasteiger partial charge in [-0.05, 0) is 14.0 Å². The molecule has 1 rings (SSSR count). The fourth-order valence-electron chi connectivity index (χ4n) is 1.79. The molecule has 0 aromatic carbocycles. The lowest BCUT2D eigenvalue weighted by Crippen LogP contribution is -2.52. The van der Waals surface area contributed by atoms with Gasteiger partial charge in [0.1, 0.15) is 0 Å². The maximum Gasteiger partial charge on any atom is 0.320 e. The van der Waals surface area contributed by atoms with Crippen molar-refractivity contribution in [2.45, 2.75) is 6.92 Å². The molecule has 0 aliphatic carbocycles. The van der Waals surface area contributed by atoms with E-state index in [2.05, 4.69) is 11.9 Å². The molecule has 1 aliphatic heterocycles. The number of hydrogen-bond acceptors (Lipinski definition) is 3. The minimum Gasteiger partial charge on any atom is -0.383 e. The van der Waals surface area contributed by atoms with Gasteiger partial charge < -0.3 is 19.4 Å². The van der Waals surface area contributed by atoms with Crippen LogP contribution in [0.2, 0.25) is 0 Å². The standard InChI is InChI=1S/C11H23N3O2/c1-4-13(9-10-16-3)11(15)14-7-5-12(2)6-8-14/h4-10H2,1-3H3. The van der Waals surface area contributed by atoms with E-state index in [1.165, 1.54) is 0 Å². The maximum absolute atomic E-state index is 12.1. The van der Waals surface area contributed by atoms with Gasteiger partial charge in [0.2, 0.25) is 0 Å². The summed E-state index contributed by atoms with van der Waals surface area (Å²) in [7, 11) is 3.75. The molecule has 5 nitrogen and oxygen atoms in total. The Kier molecular flexibility index (Phi) is 5.55. The van der Waals surface area contributed by atoms with Crippen molar-refractivity contribution >= 4 is 6.03 Å². The lowest BCUT2D eigenvalue weighted by Gasteiger charge is -2.35. The van der Waals surface area contributed by atoms with E-state index in [1.807, 2.05) is 16.7 Å². The number of urea groups is 1. The second-order valence-corrected chi connectivity index (χ2v) is 4.15. The molecule has 0 aromatic heterocycles. The zero-order chi connectivity index (χ0) is 12.0. The highest BCUT2D eigenvalue weighted by atomic mass is 16.5. The van der Waals surface area contributed by atoms with Crippen LogP contribution in [0.3, 0.4) is 0 Å². The van der Waals surface area contributed by atoms with Crippen molar-refractivity contribution < 1.29 is 9.53 Å². The summed E-state index contributed by atoms with van der Waals surface area (Å²) in [5.41, 5.74) is 0. The first-order chi connectivity index (χ1) is 7.69. The van der Waals surface area contributed by atoms with Gasteiger partial charge in [-0.25, -0.2) is 4.79 Å². The Morgan fingerprint density at radius 3 is 2.44 bits per heavy atom. The van der Waals surface area contributed by atoms with Gasteiger partial charge in [-0.3, -0.25) is 0 Å². The number of likely N-dealkylation sites (N-methyl/N-ethyl adjacent to an activating group) is 2. The van der Waals surface area contributed by atoms with Crippen molar-refractivity contribution in [2.75, 3.05) is 60.0 Å². The molecule has 1 heterocycles. The molecule has 0 bridgehead atoms. The number of rotatable bonds is 4. The molecule has 1 fully saturated rings. The third-order valence-corrected chi connectivity index (χ3v) is 2.99. The molecule has 2 amide bonds. The molecule has 0 atom stereocenters. The minimum atomic E-state index is 0.146. The summed E-state index contributed by atoms with van der Waals surface area (Å²) in [6.07, 6.45) is 0. The number of methoxy groups -OCH3 is 1. The second-order valence-electron chi connectivity index (χ2n) is 4.15. The van der Waals surface area contributed by atoms with Crippen molar-refractivity contribution in [3.05, 3.63) is 0 Å². The zero-order valence-electron chi connectivity index (χ0n) is 10.6. The molecule has 0 unspecified atom stereocenters. The van der Waals surface area contributed by atoms with E-state index < -0.39 is 0 Å². The van der Waals surface area contributed by atoms with Crippen molar-refractivity contribution in [2.24, 2.45) is 0 Å². The Bertz CT molecular complexity index is 209. The summed E-state index contributed by atoms with van der Waals surface area (Å²) in [5, 5.41) is 0. The van der Waals surface area contributed by atoms with Gasteiger partial charge >= 0.3 is 6.03 Å². The van der Waals surface area contributed by atoms with Crippen molar-refractivity contribution in [1.29, 1.82) is 0 Å². The summed E-state index contributed by atoms with van der Waals surface area (Å²) in [6, 6.07) is 0.146. The van der Waals surface area contributed by atoms with Crippen LogP contribution in [0.1, 0.15) is 6.92 Å². The summed E-state index contributed by atoms with van der Waals surface area (Å²) >= 11 is 0. The van der Waals surface area contributed by atoms with Crippen LogP contribution in [0.25, 0.3) is 0 Å². The number of piperazine rings is 1. The minimum absolute atomic E-state index is 0.146. The Morgan fingerprint density at radius 2 is 1.94 bits per heavy atom. The second kappa shape index (κ2) is 6.70. The highest BCUT2D eigenvalue weighted by Gasteiger charge is 2.22. The van der Waals surface area contributed by atoms with E-state index in [4.69, 9.17) is 4.74 Å². The summed E-state index contributed by atoms with van der Waals surface area (Å²) in [4.78, 5) is 18.1. The Balaban J connectivity index is 2.41. The maximum atomic E-state index is 12.1. The third-order valence-electron chi connectivity index (χ3n) is 2.99. The van der Waals surface area contributed by atoms with Crippen LogP contribution >= 0.6 is 0 Å². The van der Waals surface area contributed by atoms with Gasteiger partial charge in [0.05, 0.1) is 6.61 Å². The van der Waals surface area contributed by atoms with Crippen molar-refractivity contribution in [1.82, 2.24) is 14.7 Å². The lowest BCUT2D eigenvalue weighted by atomic mass is 10.3. The van der Waals surface area contributed by atoms with Crippen LogP contribution in [0.15, 0.2) is 0 Å². The zero-order valence-corrected chi connectivity index (χ0v) is 10.6. The Hall–Kier alpha value is -0.810. The van der Waals surface area contributed by atoms with Gasteiger partial charge in [0.25, 0.3) is 0 Å². The van der Waals surface area contributed by atoms with Gasteiger partial charge in [-0.15, -0.1) is 0 Å². The first-order valence-corrected chi connectivity index (χ1v) is 5.90. The number of carbonyl (C=O) groups excluding carboxylic acids is 1. The number of ether oxygens (including phenoxy) is 1. The van der Waals surface area contributed by atoms with Crippen LogP contribution in [-0.4, -0.2) is 80.8 Å². The molecule has 16 heavy (non-hydrogen) atoms. The molecule has 1 saturated heterocycles. The smallest absolute Gasteiger partial charge is 0.320 e. The van der Waals surface area contributed by atoms with E-state index in [0.717, 1.165) is 32.7 Å². The van der Waals surface area contributed by atoms with E-state index in [9.17, 15) is 4.79 Å². The predicted molar refractivity (Wildman–Crippen MR) is 63.6 cm³/mol. The Morgan fingerprint density at radius 1 is 1.31 bits per heavy atom. The molecule has 94 valence electrons. The number of carbonyl (C=O) groups is 1. The van der Waals surface area contributed by atoms with Gasteiger partial charge in [0, 0.05) is 46.4 Å². The summed E-state index contributed by atoms with van der Waals surface area (Å²) in [5.74, 6) is 0. The van der Waals surface area contributed by atoms with E-state index in [-0.39, 0.29) is 6.03 Å². The third kappa shape index (κ3) is 3.64. The molecular weight excluding hydrogens is 206 g/mol. The van der Waals surface area contributed by atoms with E-state index in [1.54, 1.807) is 7.11 Å². The largest absolute Gasteiger partial charge is 0.383 e. The predicted octanol–water partition coefficient (Wildman–Crippen LogP) is 0.322. The fraction of sp³-hybridized carbons (Fsp3) is 0.909. The first kappa shape index (κ1) is 13.3. The van der Waals surface area contributed by atoms with Gasteiger partial charge in [0.15, 0.2) is 0 Å². The summed E-state index contributed by atoms with van der Waals surface area (Å²) < 4.78 is 5.01. The summed E-state index contributed by atoms with van der Waals surface area (Å²) in [6.45, 7) is 7.63. The average Bonchev–Trinajstić information content (AvgIpc) is 2.30. The van der Waals surface area contributed by atoms with Gasteiger partial charge in [-0.2, -0.15) is 0 Å². The molecule has 5 heteroatoms. The average molecular weight is 229 g/mol. The quantitative estimate of drug-likeness (QED) is 0.696. The normalized spacial score (nSPS) is 17.6. The van der Waals surface area contributed by atoms with Crippen LogP contribution < -0.4 is 0 Å². The van der Waals surface area contributed by atoms with E-state index in [0.29, 0.717) is 13.2 Å². The molecule has 0 aromatic rings. The van der Waals surface area contributed by atoms with Crippen LogP contribution in [-0.2, 0) is 4.74 Å². The Labute approximate surface area is 97.9 Å². The number of amides is 2. The molecule has 0 radical (unpaired) electrons. The monoisotopic (exact) mass is 229 g/mol. The van der Waals surface area contributed by atoms with Crippen molar-refractivity contribution in [3.63, 3.8) is 0 Å². The molecular formula is C11H23N3O2.